The summed E-state index contributed by atoms with van der Waals surface area (Å²) >= 11 is 1.80. The minimum absolute atomic E-state index is 0.0314. The molecule has 140 valence electrons. The molecule has 0 rings (SSSR count). The molecule has 7 heteroatoms. The lowest BCUT2D eigenvalue weighted by Crippen LogP contribution is -2.45. The topological polar surface area (TPSA) is 78.5 Å². The molecule has 0 saturated carbocycles. The number of hydrogen-bond acceptors (Lipinski definition) is 5. The maximum Gasteiger partial charge on any atom is 0.222 e. The highest BCUT2D eigenvalue weighted by atomic mass is 32.2. The van der Waals surface area contributed by atoms with E-state index in [0.717, 1.165) is 31.6 Å². The monoisotopic (exact) mass is 359 g/mol. The van der Waals surface area contributed by atoms with Crippen molar-refractivity contribution in [1.82, 2.24) is 15.5 Å². The van der Waals surface area contributed by atoms with Gasteiger partial charge in [0.2, 0.25) is 11.8 Å². The van der Waals surface area contributed by atoms with Crippen molar-refractivity contribution in [2.24, 2.45) is 0 Å². The molecule has 0 aromatic carbocycles. The van der Waals surface area contributed by atoms with Crippen LogP contribution in [0.1, 0.15) is 44.9 Å². The molecule has 6 nitrogen and oxygen atoms in total. The highest BCUT2D eigenvalue weighted by Gasteiger charge is 2.28. The van der Waals surface area contributed by atoms with Gasteiger partial charge in [-0.25, -0.2) is 0 Å². The summed E-state index contributed by atoms with van der Waals surface area (Å²) < 4.78 is 0. The average molecular weight is 360 g/mol. The summed E-state index contributed by atoms with van der Waals surface area (Å²) in [5.74, 6) is 0.775. The van der Waals surface area contributed by atoms with E-state index in [4.69, 9.17) is 0 Å². The number of ketones is 1. The molecule has 1 atom stereocenters. The number of amides is 2. The standard InChI is InChI=1S/C17H33N3O3S/c1-18-11-8-9-15(21)14(13-16(22)19-2)20(3)17(23)10-6-5-7-12-24-4/h14,18H,5-13H2,1-4H3,(H,19,22)/t14-/m0/s1. The highest BCUT2D eigenvalue weighted by molar-refractivity contribution is 7.98. The fourth-order valence-corrected chi connectivity index (χ4v) is 2.89. The van der Waals surface area contributed by atoms with Gasteiger partial charge in [0.1, 0.15) is 0 Å². The normalized spacial score (nSPS) is 11.8. The first kappa shape index (κ1) is 22.9. The van der Waals surface area contributed by atoms with Gasteiger partial charge in [-0.3, -0.25) is 14.4 Å². The maximum absolute atomic E-state index is 12.4. The summed E-state index contributed by atoms with van der Waals surface area (Å²) in [6.45, 7) is 0.742. The number of nitrogens with one attached hydrogen (secondary N) is 2. The Morgan fingerprint density at radius 3 is 2.33 bits per heavy atom. The van der Waals surface area contributed by atoms with E-state index in [9.17, 15) is 14.4 Å². The van der Waals surface area contributed by atoms with Crippen LogP contribution in [-0.2, 0) is 14.4 Å². The average Bonchev–Trinajstić information content (AvgIpc) is 2.58. The largest absolute Gasteiger partial charge is 0.359 e. The van der Waals surface area contributed by atoms with E-state index in [0.29, 0.717) is 19.3 Å². The third-order valence-corrected chi connectivity index (χ3v) is 4.68. The SMILES string of the molecule is CNCCCC(=O)[C@H](CC(=O)NC)N(C)C(=O)CCCCCSC. The van der Waals surface area contributed by atoms with E-state index in [2.05, 4.69) is 16.9 Å². The van der Waals surface area contributed by atoms with E-state index in [1.807, 2.05) is 7.05 Å². The zero-order valence-corrected chi connectivity index (χ0v) is 16.3. The molecule has 0 unspecified atom stereocenters. The number of unbranched alkanes of at least 4 members (excludes halogenated alkanes) is 2. The molecule has 0 aliphatic heterocycles. The first-order valence-corrected chi connectivity index (χ1v) is 9.99. The summed E-state index contributed by atoms with van der Waals surface area (Å²) in [5, 5.41) is 5.53. The van der Waals surface area contributed by atoms with Crippen molar-refractivity contribution < 1.29 is 14.4 Å². The number of Topliss-reactive ketones (excluding diaryl/α,β-unsaturated/α-hetero) is 1. The Balaban J connectivity index is 4.58. The summed E-state index contributed by atoms with van der Waals surface area (Å²) in [6, 6.07) is -0.666. The molecule has 2 amide bonds. The summed E-state index contributed by atoms with van der Waals surface area (Å²) in [6.07, 6.45) is 6.54. The fourth-order valence-electron chi connectivity index (χ4n) is 2.40. The molecule has 0 fully saturated rings. The zero-order valence-electron chi connectivity index (χ0n) is 15.5. The molecule has 0 spiro atoms. The molecule has 0 heterocycles. The summed E-state index contributed by atoms with van der Waals surface area (Å²) in [5.41, 5.74) is 0. The van der Waals surface area contributed by atoms with Crippen LogP contribution in [0.25, 0.3) is 0 Å². The van der Waals surface area contributed by atoms with Crippen LogP contribution in [0, 0.1) is 0 Å². The third kappa shape index (κ3) is 9.93. The van der Waals surface area contributed by atoms with Crippen LogP contribution in [0.5, 0.6) is 0 Å². The number of nitrogens with zero attached hydrogens (tertiary/aromatic N) is 1. The first-order valence-electron chi connectivity index (χ1n) is 8.60. The van der Waals surface area contributed by atoms with Crippen LogP contribution in [0.3, 0.4) is 0 Å². The quantitative estimate of drug-likeness (QED) is 0.459. The van der Waals surface area contributed by atoms with E-state index in [-0.39, 0.29) is 24.0 Å². The van der Waals surface area contributed by atoms with Gasteiger partial charge in [0.15, 0.2) is 5.78 Å². The van der Waals surface area contributed by atoms with Gasteiger partial charge in [-0.2, -0.15) is 11.8 Å². The molecule has 0 aliphatic rings. The van der Waals surface area contributed by atoms with Gasteiger partial charge in [-0.1, -0.05) is 6.42 Å². The van der Waals surface area contributed by atoms with Crippen molar-refractivity contribution >= 4 is 29.4 Å². The van der Waals surface area contributed by atoms with E-state index in [1.54, 1.807) is 25.9 Å². The van der Waals surface area contributed by atoms with Crippen molar-refractivity contribution in [2.75, 3.05) is 39.7 Å². The highest BCUT2D eigenvalue weighted by Crippen LogP contribution is 2.12. The van der Waals surface area contributed by atoms with Gasteiger partial charge >= 0.3 is 0 Å². The predicted molar refractivity (Wildman–Crippen MR) is 100 cm³/mol. The van der Waals surface area contributed by atoms with Gasteiger partial charge < -0.3 is 15.5 Å². The Kier molecular flexibility index (Phi) is 13.6. The molecule has 0 aromatic heterocycles. The van der Waals surface area contributed by atoms with Crippen molar-refractivity contribution in [3.8, 4) is 0 Å². The van der Waals surface area contributed by atoms with Crippen molar-refractivity contribution in [3.05, 3.63) is 0 Å². The third-order valence-electron chi connectivity index (χ3n) is 3.98. The second-order valence-electron chi connectivity index (χ2n) is 5.87. The number of hydrogen-bond donors (Lipinski definition) is 2. The van der Waals surface area contributed by atoms with Crippen LogP contribution in [0.4, 0.5) is 0 Å². The second kappa shape index (κ2) is 14.3. The smallest absolute Gasteiger partial charge is 0.222 e. The van der Waals surface area contributed by atoms with Crippen LogP contribution < -0.4 is 10.6 Å². The molecular formula is C17H33N3O3S. The Labute approximate surface area is 150 Å². The predicted octanol–water partition coefficient (Wildman–Crippen LogP) is 1.44. The summed E-state index contributed by atoms with van der Waals surface area (Å²) in [7, 11) is 5.01. The lowest BCUT2D eigenvalue weighted by atomic mass is 10.0. The van der Waals surface area contributed by atoms with Crippen LogP contribution in [0.2, 0.25) is 0 Å². The van der Waals surface area contributed by atoms with Crippen LogP contribution in [-0.4, -0.2) is 68.2 Å². The minimum Gasteiger partial charge on any atom is -0.359 e. The first-order chi connectivity index (χ1) is 11.5. The van der Waals surface area contributed by atoms with Gasteiger partial charge in [-0.05, 0) is 44.9 Å². The fraction of sp³-hybridized carbons (Fsp3) is 0.824. The Bertz CT molecular complexity index is 391. The molecule has 0 radical (unpaired) electrons. The number of likely N-dealkylation sites (N-methyl/N-ethyl adjacent to an activating group) is 1. The molecule has 0 aromatic rings. The Morgan fingerprint density at radius 1 is 1.04 bits per heavy atom. The van der Waals surface area contributed by atoms with E-state index < -0.39 is 6.04 Å². The lowest BCUT2D eigenvalue weighted by Gasteiger charge is -2.27. The van der Waals surface area contributed by atoms with Crippen LogP contribution >= 0.6 is 11.8 Å². The van der Waals surface area contributed by atoms with Crippen LogP contribution in [0.15, 0.2) is 0 Å². The molecule has 0 bridgehead atoms. The van der Waals surface area contributed by atoms with Crippen molar-refractivity contribution in [2.45, 2.75) is 51.0 Å². The molecular weight excluding hydrogens is 326 g/mol. The van der Waals surface area contributed by atoms with Crippen molar-refractivity contribution in [1.29, 1.82) is 0 Å². The maximum atomic E-state index is 12.4. The van der Waals surface area contributed by atoms with E-state index in [1.165, 1.54) is 4.90 Å². The number of rotatable bonds is 14. The molecule has 0 saturated heterocycles. The number of thioether (sulfide) groups is 1. The van der Waals surface area contributed by atoms with E-state index >= 15 is 0 Å². The van der Waals surface area contributed by atoms with Gasteiger partial charge in [0.25, 0.3) is 0 Å². The number of carbonyl (C=O) groups is 3. The summed E-state index contributed by atoms with van der Waals surface area (Å²) in [4.78, 5) is 37.9. The van der Waals surface area contributed by atoms with Gasteiger partial charge in [-0.15, -0.1) is 0 Å². The molecule has 0 aliphatic carbocycles. The molecule has 2 N–H and O–H groups in total. The zero-order chi connectivity index (χ0) is 18.4. The Hall–Kier alpha value is -1.08. The second-order valence-corrected chi connectivity index (χ2v) is 6.86. The van der Waals surface area contributed by atoms with Crippen molar-refractivity contribution in [3.63, 3.8) is 0 Å². The minimum atomic E-state index is -0.666. The lowest BCUT2D eigenvalue weighted by molar-refractivity contribution is -0.140. The number of carbonyl (C=O) groups excluding carboxylic acids is 3. The van der Waals surface area contributed by atoms with Gasteiger partial charge in [0.05, 0.1) is 12.5 Å². The Morgan fingerprint density at radius 2 is 1.75 bits per heavy atom. The molecule has 24 heavy (non-hydrogen) atoms. The van der Waals surface area contributed by atoms with Gasteiger partial charge in [0, 0.05) is 26.9 Å².